The van der Waals surface area contributed by atoms with Crippen LogP contribution in [0.5, 0.6) is 5.75 Å². The van der Waals surface area contributed by atoms with Crippen LogP contribution >= 0.6 is 11.3 Å². The molecule has 0 radical (unpaired) electrons. The Labute approximate surface area is 117 Å². The first-order chi connectivity index (χ1) is 9.20. The van der Waals surface area contributed by atoms with E-state index in [4.69, 9.17) is 4.74 Å². The molecule has 0 spiro atoms. The smallest absolute Gasteiger partial charge is 0.261 e. The van der Waals surface area contributed by atoms with Gasteiger partial charge in [-0.1, -0.05) is 12.1 Å². The van der Waals surface area contributed by atoms with Crippen molar-refractivity contribution in [1.29, 1.82) is 0 Å². The average molecular weight is 275 g/mol. The molecule has 19 heavy (non-hydrogen) atoms. The van der Waals surface area contributed by atoms with Gasteiger partial charge in [-0.3, -0.25) is 4.79 Å². The molecule has 4 heteroatoms. The maximum atomic E-state index is 11.9. The van der Waals surface area contributed by atoms with Gasteiger partial charge in [0.2, 0.25) is 0 Å². The first-order valence-corrected chi connectivity index (χ1v) is 7.04. The number of nitrogens with one attached hydrogen (secondary N) is 1. The van der Waals surface area contributed by atoms with Crippen LogP contribution in [0.4, 0.5) is 0 Å². The van der Waals surface area contributed by atoms with E-state index in [1.165, 1.54) is 16.9 Å². The molecule has 2 rings (SSSR count). The Morgan fingerprint density at radius 1 is 1.26 bits per heavy atom. The van der Waals surface area contributed by atoms with E-state index in [1.807, 2.05) is 42.6 Å². The van der Waals surface area contributed by atoms with Crippen LogP contribution < -0.4 is 10.1 Å². The van der Waals surface area contributed by atoms with E-state index in [0.717, 1.165) is 22.6 Å². The van der Waals surface area contributed by atoms with Gasteiger partial charge < -0.3 is 10.1 Å². The van der Waals surface area contributed by atoms with Crippen LogP contribution in [0.15, 0.2) is 35.7 Å². The Morgan fingerprint density at radius 3 is 2.58 bits per heavy atom. The number of thiophene rings is 1. The molecule has 1 heterocycles. The van der Waals surface area contributed by atoms with Crippen molar-refractivity contribution in [2.24, 2.45) is 0 Å². The predicted molar refractivity (Wildman–Crippen MR) is 78.1 cm³/mol. The first-order valence-electron chi connectivity index (χ1n) is 6.16. The molecular weight excluding hydrogens is 258 g/mol. The van der Waals surface area contributed by atoms with E-state index in [0.29, 0.717) is 6.54 Å². The van der Waals surface area contributed by atoms with E-state index in [9.17, 15) is 4.79 Å². The molecule has 1 N–H and O–H groups in total. The highest BCUT2D eigenvalue weighted by molar-refractivity contribution is 7.12. The summed E-state index contributed by atoms with van der Waals surface area (Å²) >= 11 is 1.48. The molecule has 0 aliphatic carbocycles. The summed E-state index contributed by atoms with van der Waals surface area (Å²) in [6.07, 6.45) is 0.820. The van der Waals surface area contributed by atoms with Gasteiger partial charge in [0.1, 0.15) is 5.75 Å². The largest absolute Gasteiger partial charge is 0.497 e. The van der Waals surface area contributed by atoms with Crippen molar-refractivity contribution >= 4 is 17.2 Å². The topological polar surface area (TPSA) is 38.3 Å². The third-order valence-electron chi connectivity index (χ3n) is 2.93. The van der Waals surface area contributed by atoms with Crippen LogP contribution in [0, 0.1) is 6.92 Å². The number of amides is 1. The van der Waals surface area contributed by atoms with Gasteiger partial charge in [0.25, 0.3) is 5.91 Å². The van der Waals surface area contributed by atoms with Crippen LogP contribution in [-0.4, -0.2) is 19.6 Å². The summed E-state index contributed by atoms with van der Waals surface area (Å²) in [5.74, 6) is 0.864. The number of ether oxygens (including phenoxy) is 1. The third kappa shape index (κ3) is 3.58. The highest BCUT2D eigenvalue weighted by Gasteiger charge is 2.09. The van der Waals surface area contributed by atoms with Crippen molar-refractivity contribution in [3.8, 4) is 5.75 Å². The Kier molecular flexibility index (Phi) is 4.58. The van der Waals surface area contributed by atoms with E-state index >= 15 is 0 Å². The minimum Gasteiger partial charge on any atom is -0.497 e. The highest BCUT2D eigenvalue weighted by atomic mass is 32.1. The molecule has 1 amide bonds. The van der Waals surface area contributed by atoms with Gasteiger partial charge in [0, 0.05) is 6.54 Å². The summed E-state index contributed by atoms with van der Waals surface area (Å²) in [6, 6.07) is 9.85. The second-order valence-corrected chi connectivity index (χ2v) is 5.20. The average Bonchev–Trinajstić information content (AvgIpc) is 2.86. The summed E-state index contributed by atoms with van der Waals surface area (Å²) in [4.78, 5) is 12.7. The first kappa shape index (κ1) is 13.6. The number of hydrogen-bond donors (Lipinski definition) is 1. The van der Waals surface area contributed by atoms with Gasteiger partial charge >= 0.3 is 0 Å². The van der Waals surface area contributed by atoms with E-state index in [-0.39, 0.29) is 5.91 Å². The highest BCUT2D eigenvalue weighted by Crippen LogP contribution is 2.15. The van der Waals surface area contributed by atoms with Crippen LogP contribution in [-0.2, 0) is 6.42 Å². The molecule has 3 nitrogen and oxygen atoms in total. The van der Waals surface area contributed by atoms with Crippen LogP contribution in [0.3, 0.4) is 0 Å². The Hall–Kier alpha value is -1.81. The summed E-state index contributed by atoms with van der Waals surface area (Å²) in [5, 5.41) is 4.88. The van der Waals surface area contributed by atoms with Crippen molar-refractivity contribution in [1.82, 2.24) is 5.32 Å². The van der Waals surface area contributed by atoms with Gasteiger partial charge in [-0.15, -0.1) is 11.3 Å². The van der Waals surface area contributed by atoms with E-state index < -0.39 is 0 Å². The van der Waals surface area contributed by atoms with Gasteiger partial charge in [0.15, 0.2) is 0 Å². The molecule has 0 saturated carbocycles. The predicted octanol–water partition coefficient (Wildman–Crippen LogP) is 3.04. The zero-order chi connectivity index (χ0) is 13.7. The van der Waals surface area contributed by atoms with Gasteiger partial charge in [0.05, 0.1) is 12.0 Å². The number of rotatable bonds is 5. The maximum absolute atomic E-state index is 11.9. The molecule has 1 aromatic heterocycles. The van der Waals surface area contributed by atoms with Gasteiger partial charge in [-0.25, -0.2) is 0 Å². The maximum Gasteiger partial charge on any atom is 0.261 e. The molecular formula is C15H17NO2S. The van der Waals surface area contributed by atoms with Gasteiger partial charge in [-0.2, -0.15) is 0 Å². The van der Waals surface area contributed by atoms with Crippen molar-refractivity contribution in [2.75, 3.05) is 13.7 Å². The zero-order valence-corrected chi connectivity index (χ0v) is 11.9. The molecule has 1 aromatic carbocycles. The molecule has 100 valence electrons. The number of methoxy groups -OCH3 is 1. The molecule has 0 aliphatic rings. The SMILES string of the molecule is COc1ccc(CCNC(=O)c2sccc2C)cc1. The standard InChI is InChI=1S/C15H17NO2S/c1-11-8-10-19-14(11)15(17)16-9-7-12-3-5-13(18-2)6-4-12/h3-6,8,10H,7,9H2,1-2H3,(H,16,17). The van der Waals surface area contributed by atoms with Crippen LogP contribution in [0.1, 0.15) is 20.8 Å². The molecule has 0 unspecified atom stereocenters. The van der Waals surface area contributed by atoms with E-state index in [1.54, 1.807) is 7.11 Å². The molecule has 2 aromatic rings. The fraction of sp³-hybridized carbons (Fsp3) is 0.267. The molecule has 0 saturated heterocycles. The normalized spacial score (nSPS) is 10.2. The minimum atomic E-state index is 0.0148. The molecule has 0 fully saturated rings. The second-order valence-electron chi connectivity index (χ2n) is 4.29. The fourth-order valence-corrected chi connectivity index (χ4v) is 2.64. The summed E-state index contributed by atoms with van der Waals surface area (Å²) in [7, 11) is 1.65. The lowest BCUT2D eigenvalue weighted by molar-refractivity contribution is 0.0957. The molecule has 0 aliphatic heterocycles. The molecule has 0 bridgehead atoms. The number of carbonyl (C=O) groups excluding carboxylic acids is 1. The second kappa shape index (κ2) is 6.38. The minimum absolute atomic E-state index is 0.0148. The third-order valence-corrected chi connectivity index (χ3v) is 3.94. The van der Waals surface area contributed by atoms with E-state index in [2.05, 4.69) is 5.32 Å². The summed E-state index contributed by atoms with van der Waals surface area (Å²) in [6.45, 7) is 2.59. The Balaban J connectivity index is 1.83. The Bertz CT molecular complexity index is 546. The fourth-order valence-electron chi connectivity index (χ4n) is 1.80. The number of benzene rings is 1. The lowest BCUT2D eigenvalue weighted by atomic mass is 10.1. The van der Waals surface area contributed by atoms with Crippen molar-refractivity contribution in [3.63, 3.8) is 0 Å². The van der Waals surface area contributed by atoms with Crippen molar-refractivity contribution in [2.45, 2.75) is 13.3 Å². The lowest BCUT2D eigenvalue weighted by Crippen LogP contribution is -2.25. The summed E-state index contributed by atoms with van der Waals surface area (Å²) < 4.78 is 5.11. The van der Waals surface area contributed by atoms with Crippen LogP contribution in [0.25, 0.3) is 0 Å². The monoisotopic (exact) mass is 275 g/mol. The van der Waals surface area contributed by atoms with Crippen molar-refractivity contribution < 1.29 is 9.53 Å². The molecule has 0 atom stereocenters. The van der Waals surface area contributed by atoms with Crippen LogP contribution in [0.2, 0.25) is 0 Å². The number of hydrogen-bond acceptors (Lipinski definition) is 3. The zero-order valence-electron chi connectivity index (χ0n) is 11.1. The van der Waals surface area contributed by atoms with Gasteiger partial charge in [-0.05, 0) is 48.1 Å². The number of aryl methyl sites for hydroxylation is 1. The quantitative estimate of drug-likeness (QED) is 0.911. The Morgan fingerprint density at radius 2 is 2.00 bits per heavy atom. The lowest BCUT2D eigenvalue weighted by Gasteiger charge is -2.06. The van der Waals surface area contributed by atoms with Crippen molar-refractivity contribution in [3.05, 3.63) is 51.7 Å². The summed E-state index contributed by atoms with van der Waals surface area (Å²) in [5.41, 5.74) is 2.22. The number of carbonyl (C=O) groups is 1.